The molecule has 4 rings (SSSR count). The maximum absolute atomic E-state index is 13.6. The predicted molar refractivity (Wildman–Crippen MR) is 110 cm³/mol. The van der Waals surface area contributed by atoms with E-state index in [1.54, 1.807) is 35.1 Å². The van der Waals surface area contributed by atoms with Crippen LogP contribution in [-0.2, 0) is 6.54 Å². The summed E-state index contributed by atoms with van der Waals surface area (Å²) in [6.45, 7) is 1.03. The summed E-state index contributed by atoms with van der Waals surface area (Å²) in [4.78, 5) is 17.1. The van der Waals surface area contributed by atoms with E-state index in [9.17, 15) is 13.6 Å². The van der Waals surface area contributed by atoms with Crippen molar-refractivity contribution in [1.82, 2.24) is 29.7 Å². The fourth-order valence-electron chi connectivity index (χ4n) is 3.06. The van der Waals surface area contributed by atoms with Crippen molar-refractivity contribution in [3.05, 3.63) is 70.7 Å². The van der Waals surface area contributed by atoms with E-state index < -0.39 is 12.3 Å². The molecule has 3 heterocycles. The number of aryl methyl sites for hydroxylation is 1. The molecular formula is C20H17BrF2N6O. The zero-order valence-corrected chi connectivity index (χ0v) is 17.3. The van der Waals surface area contributed by atoms with Crippen molar-refractivity contribution in [1.29, 1.82) is 0 Å². The first kappa shape index (κ1) is 20.1. The number of benzene rings is 1. The molecule has 1 amide bonds. The summed E-state index contributed by atoms with van der Waals surface area (Å²) in [5.41, 5.74) is 0.968. The molecule has 3 aromatic heterocycles. The standard InChI is InChI=1S/C20H17BrF2N6O/c21-14-10-25-28(12-14)8-4-7-24-20(30)15-11-26-29-17(18(22)23)9-16(27-19(15)29)13-5-2-1-3-6-13/h1-3,5-6,9-12,18H,4,7-8H2,(H,24,30). The molecule has 7 nitrogen and oxygen atoms in total. The van der Waals surface area contributed by atoms with Gasteiger partial charge in [-0.25, -0.2) is 18.3 Å². The summed E-state index contributed by atoms with van der Waals surface area (Å²) in [5, 5.41) is 10.9. The summed E-state index contributed by atoms with van der Waals surface area (Å²) in [6.07, 6.45) is 2.69. The van der Waals surface area contributed by atoms with Crippen molar-refractivity contribution in [2.45, 2.75) is 19.4 Å². The van der Waals surface area contributed by atoms with Crippen LogP contribution in [0.5, 0.6) is 0 Å². The minimum atomic E-state index is -2.76. The Morgan fingerprint density at radius 1 is 1.17 bits per heavy atom. The summed E-state index contributed by atoms with van der Waals surface area (Å²) in [7, 11) is 0. The van der Waals surface area contributed by atoms with Crippen LogP contribution < -0.4 is 5.32 Å². The van der Waals surface area contributed by atoms with Crippen LogP contribution in [0.3, 0.4) is 0 Å². The number of fused-ring (bicyclic) bond motifs is 1. The number of nitrogens with zero attached hydrogens (tertiary/aromatic N) is 5. The summed E-state index contributed by atoms with van der Waals surface area (Å²) in [5.74, 6) is -0.412. The number of rotatable bonds is 7. The lowest BCUT2D eigenvalue weighted by atomic mass is 10.1. The SMILES string of the molecule is O=C(NCCCn1cc(Br)cn1)c1cnn2c(C(F)F)cc(-c3ccccc3)nc12. The predicted octanol–water partition coefficient (Wildman–Crippen LogP) is 4.11. The third-order valence-electron chi connectivity index (χ3n) is 4.49. The zero-order chi connectivity index (χ0) is 21.1. The highest BCUT2D eigenvalue weighted by molar-refractivity contribution is 9.10. The van der Waals surface area contributed by atoms with Gasteiger partial charge in [0.25, 0.3) is 12.3 Å². The molecule has 1 aromatic carbocycles. The topological polar surface area (TPSA) is 77.1 Å². The van der Waals surface area contributed by atoms with Crippen LogP contribution in [-0.4, -0.2) is 36.8 Å². The molecule has 0 atom stereocenters. The molecule has 10 heteroatoms. The molecule has 0 radical (unpaired) electrons. The van der Waals surface area contributed by atoms with Gasteiger partial charge in [-0.3, -0.25) is 9.48 Å². The zero-order valence-electron chi connectivity index (χ0n) is 15.7. The highest BCUT2D eigenvalue weighted by Crippen LogP contribution is 2.26. The maximum atomic E-state index is 13.6. The second-order valence-electron chi connectivity index (χ2n) is 6.56. The second kappa shape index (κ2) is 8.70. The molecule has 0 aliphatic rings. The van der Waals surface area contributed by atoms with Gasteiger partial charge in [-0.15, -0.1) is 0 Å². The Bertz CT molecular complexity index is 1170. The molecular weight excluding hydrogens is 458 g/mol. The van der Waals surface area contributed by atoms with Gasteiger partial charge in [0, 0.05) is 24.8 Å². The van der Waals surface area contributed by atoms with Gasteiger partial charge in [0.15, 0.2) is 5.65 Å². The Hall–Kier alpha value is -3.14. The third kappa shape index (κ3) is 4.23. The number of nitrogens with one attached hydrogen (secondary N) is 1. The molecule has 0 bridgehead atoms. The molecule has 0 spiro atoms. The fraction of sp³-hybridized carbons (Fsp3) is 0.200. The van der Waals surface area contributed by atoms with E-state index in [-0.39, 0.29) is 16.9 Å². The van der Waals surface area contributed by atoms with Crippen LogP contribution in [0, 0.1) is 0 Å². The van der Waals surface area contributed by atoms with Gasteiger partial charge in [0.2, 0.25) is 0 Å². The summed E-state index contributed by atoms with van der Waals surface area (Å²) >= 11 is 3.33. The lowest BCUT2D eigenvalue weighted by Crippen LogP contribution is -2.25. The molecule has 0 saturated heterocycles. The molecule has 0 fully saturated rings. The van der Waals surface area contributed by atoms with Crippen molar-refractivity contribution in [3.63, 3.8) is 0 Å². The van der Waals surface area contributed by atoms with Crippen LogP contribution in [0.25, 0.3) is 16.9 Å². The minimum absolute atomic E-state index is 0.0974. The van der Waals surface area contributed by atoms with Crippen molar-refractivity contribution in [3.8, 4) is 11.3 Å². The number of hydrogen-bond donors (Lipinski definition) is 1. The molecule has 4 aromatic rings. The highest BCUT2D eigenvalue weighted by atomic mass is 79.9. The van der Waals surface area contributed by atoms with Gasteiger partial charge in [-0.1, -0.05) is 30.3 Å². The number of carbonyl (C=O) groups excluding carboxylic acids is 1. The number of amides is 1. The van der Waals surface area contributed by atoms with E-state index in [2.05, 4.69) is 36.4 Å². The van der Waals surface area contributed by atoms with E-state index in [0.717, 1.165) is 8.99 Å². The molecule has 0 unspecified atom stereocenters. The summed E-state index contributed by atoms with van der Waals surface area (Å²) < 4.78 is 30.9. The van der Waals surface area contributed by atoms with Crippen LogP contribution in [0.15, 0.2) is 59.5 Å². The smallest absolute Gasteiger partial charge is 0.280 e. The van der Waals surface area contributed by atoms with Crippen LogP contribution in [0.2, 0.25) is 0 Å². The fourth-order valence-corrected chi connectivity index (χ4v) is 3.39. The Kier molecular flexibility index (Phi) is 5.84. The minimum Gasteiger partial charge on any atom is -0.352 e. The number of halogens is 3. The number of aromatic nitrogens is 5. The monoisotopic (exact) mass is 474 g/mol. The van der Waals surface area contributed by atoms with E-state index in [1.165, 1.54) is 12.3 Å². The normalized spacial score (nSPS) is 11.3. The lowest BCUT2D eigenvalue weighted by Gasteiger charge is -2.09. The second-order valence-corrected chi connectivity index (χ2v) is 7.47. The average Bonchev–Trinajstić information content (AvgIpc) is 3.36. The van der Waals surface area contributed by atoms with E-state index in [0.29, 0.717) is 30.8 Å². The maximum Gasteiger partial charge on any atom is 0.280 e. The molecule has 0 saturated carbocycles. The molecule has 30 heavy (non-hydrogen) atoms. The largest absolute Gasteiger partial charge is 0.352 e. The first-order chi connectivity index (χ1) is 14.5. The third-order valence-corrected chi connectivity index (χ3v) is 4.90. The van der Waals surface area contributed by atoms with Crippen molar-refractivity contribution >= 4 is 27.5 Å². The Labute approximate surface area is 178 Å². The Morgan fingerprint density at radius 3 is 2.67 bits per heavy atom. The van der Waals surface area contributed by atoms with Gasteiger partial charge >= 0.3 is 0 Å². The van der Waals surface area contributed by atoms with Gasteiger partial charge in [-0.2, -0.15) is 10.2 Å². The molecule has 0 aliphatic heterocycles. The first-order valence-corrected chi connectivity index (χ1v) is 10.0. The van der Waals surface area contributed by atoms with Crippen LogP contribution in [0.4, 0.5) is 8.78 Å². The van der Waals surface area contributed by atoms with Crippen molar-refractivity contribution < 1.29 is 13.6 Å². The van der Waals surface area contributed by atoms with Gasteiger partial charge in [0.1, 0.15) is 11.3 Å². The Balaban J connectivity index is 1.56. The molecule has 0 aliphatic carbocycles. The van der Waals surface area contributed by atoms with Crippen LogP contribution in [0.1, 0.15) is 28.9 Å². The highest BCUT2D eigenvalue weighted by Gasteiger charge is 2.21. The number of hydrogen-bond acceptors (Lipinski definition) is 4. The van der Waals surface area contributed by atoms with Gasteiger partial charge < -0.3 is 5.32 Å². The molecule has 154 valence electrons. The Morgan fingerprint density at radius 2 is 1.97 bits per heavy atom. The van der Waals surface area contributed by atoms with Crippen molar-refractivity contribution in [2.75, 3.05) is 6.54 Å². The van der Waals surface area contributed by atoms with Crippen molar-refractivity contribution in [2.24, 2.45) is 0 Å². The van der Waals surface area contributed by atoms with Crippen LogP contribution >= 0.6 is 15.9 Å². The molecule has 1 N–H and O–H groups in total. The van der Waals surface area contributed by atoms with E-state index in [1.807, 2.05) is 12.3 Å². The lowest BCUT2D eigenvalue weighted by molar-refractivity contribution is 0.0953. The quantitative estimate of drug-likeness (QED) is 0.408. The van der Waals surface area contributed by atoms with Gasteiger partial charge in [0.05, 0.1) is 22.6 Å². The number of alkyl halides is 2. The van der Waals surface area contributed by atoms with E-state index in [4.69, 9.17) is 0 Å². The first-order valence-electron chi connectivity index (χ1n) is 9.21. The van der Waals surface area contributed by atoms with Gasteiger partial charge in [-0.05, 0) is 28.4 Å². The van der Waals surface area contributed by atoms with E-state index >= 15 is 0 Å². The summed E-state index contributed by atoms with van der Waals surface area (Å²) in [6, 6.07) is 10.3. The average molecular weight is 475 g/mol. The number of carbonyl (C=O) groups is 1.